The molecule has 0 fully saturated rings. The van der Waals surface area contributed by atoms with Gasteiger partial charge in [0.25, 0.3) is 0 Å². The monoisotopic (exact) mass is 264 g/mol. The van der Waals surface area contributed by atoms with Crippen LogP contribution in [-0.2, 0) is 4.74 Å². The second-order valence-electron chi connectivity index (χ2n) is 2.78. The summed E-state index contributed by atoms with van der Waals surface area (Å²) in [6.45, 7) is 0. The normalized spacial score (nSPS) is 9.81. The number of methoxy groups -OCH3 is 3. The SMILES string of the molecule is COC(=O)c1cc(Cl)c(OC)c(Cl)c1OC. The summed E-state index contributed by atoms with van der Waals surface area (Å²) < 4.78 is 14.6. The fourth-order valence-electron chi connectivity index (χ4n) is 1.23. The molecule has 0 saturated heterocycles. The Morgan fingerprint density at radius 3 is 2.12 bits per heavy atom. The van der Waals surface area contributed by atoms with Gasteiger partial charge in [-0.15, -0.1) is 0 Å². The summed E-state index contributed by atoms with van der Waals surface area (Å²) in [5, 5.41) is 0.353. The van der Waals surface area contributed by atoms with Crippen molar-refractivity contribution in [3.63, 3.8) is 0 Å². The first kappa shape index (κ1) is 12.9. The van der Waals surface area contributed by atoms with Gasteiger partial charge in [0.1, 0.15) is 10.6 Å². The zero-order valence-electron chi connectivity index (χ0n) is 8.97. The fraction of sp³-hybridized carbons (Fsp3) is 0.300. The van der Waals surface area contributed by atoms with Crippen LogP contribution in [0.15, 0.2) is 6.07 Å². The van der Waals surface area contributed by atoms with E-state index in [4.69, 9.17) is 32.7 Å². The number of benzene rings is 1. The Balaban J connectivity index is 3.46. The van der Waals surface area contributed by atoms with E-state index < -0.39 is 5.97 Å². The second-order valence-corrected chi connectivity index (χ2v) is 3.56. The Labute approximate surface area is 103 Å². The molecule has 4 nitrogen and oxygen atoms in total. The zero-order chi connectivity index (χ0) is 12.3. The van der Waals surface area contributed by atoms with Gasteiger partial charge >= 0.3 is 5.97 Å². The standard InChI is InChI=1S/C10H10Cl2O4/c1-14-8-5(10(13)16-3)4-6(11)9(15-2)7(8)12/h4H,1-3H3. The van der Waals surface area contributed by atoms with Gasteiger partial charge < -0.3 is 14.2 Å². The largest absolute Gasteiger partial charge is 0.494 e. The molecule has 0 spiro atoms. The molecule has 1 aromatic rings. The molecule has 0 atom stereocenters. The van der Waals surface area contributed by atoms with Crippen LogP contribution in [0, 0.1) is 0 Å². The molecule has 0 unspecified atom stereocenters. The summed E-state index contributed by atoms with van der Waals surface area (Å²) >= 11 is 11.9. The molecule has 0 heterocycles. The Bertz CT molecular complexity index is 418. The third kappa shape index (κ3) is 2.18. The maximum absolute atomic E-state index is 11.4. The number of carbonyl (C=O) groups excluding carboxylic acids is 1. The van der Waals surface area contributed by atoms with E-state index in [1.165, 1.54) is 27.4 Å². The van der Waals surface area contributed by atoms with E-state index >= 15 is 0 Å². The van der Waals surface area contributed by atoms with E-state index in [-0.39, 0.29) is 27.1 Å². The number of hydrogen-bond acceptors (Lipinski definition) is 4. The molecule has 0 radical (unpaired) electrons. The van der Waals surface area contributed by atoms with Crippen LogP contribution in [0.3, 0.4) is 0 Å². The highest BCUT2D eigenvalue weighted by molar-refractivity contribution is 6.38. The van der Waals surface area contributed by atoms with Gasteiger partial charge in [-0.3, -0.25) is 0 Å². The highest BCUT2D eigenvalue weighted by Crippen LogP contribution is 2.42. The number of esters is 1. The molecule has 16 heavy (non-hydrogen) atoms. The third-order valence-corrected chi connectivity index (χ3v) is 2.57. The second kappa shape index (κ2) is 5.27. The number of carbonyl (C=O) groups is 1. The van der Waals surface area contributed by atoms with Crippen LogP contribution in [0.25, 0.3) is 0 Å². The van der Waals surface area contributed by atoms with Crippen LogP contribution in [0.4, 0.5) is 0 Å². The molecule has 6 heteroatoms. The first-order chi connectivity index (χ1) is 7.56. The Hall–Kier alpha value is -1.13. The molecule has 0 aliphatic heterocycles. The van der Waals surface area contributed by atoms with Crippen molar-refractivity contribution >= 4 is 29.2 Å². The number of halogens is 2. The van der Waals surface area contributed by atoms with E-state index in [2.05, 4.69) is 4.74 Å². The van der Waals surface area contributed by atoms with Crippen molar-refractivity contribution in [1.29, 1.82) is 0 Å². The average Bonchev–Trinajstić information content (AvgIpc) is 2.28. The maximum Gasteiger partial charge on any atom is 0.341 e. The molecule has 0 aliphatic carbocycles. The van der Waals surface area contributed by atoms with Crippen molar-refractivity contribution in [2.24, 2.45) is 0 Å². The topological polar surface area (TPSA) is 44.8 Å². The van der Waals surface area contributed by atoms with Crippen LogP contribution >= 0.6 is 23.2 Å². The predicted octanol–water partition coefficient (Wildman–Crippen LogP) is 2.80. The Morgan fingerprint density at radius 1 is 1.12 bits per heavy atom. The van der Waals surface area contributed by atoms with Gasteiger partial charge in [-0.05, 0) is 6.07 Å². The molecule has 0 aromatic heterocycles. The summed E-state index contributed by atoms with van der Waals surface area (Å²) in [5.41, 5.74) is 0.154. The molecular weight excluding hydrogens is 255 g/mol. The van der Waals surface area contributed by atoms with Gasteiger partial charge in [-0.25, -0.2) is 4.79 Å². The van der Waals surface area contributed by atoms with Crippen molar-refractivity contribution in [2.45, 2.75) is 0 Å². The van der Waals surface area contributed by atoms with Gasteiger partial charge in [-0.2, -0.15) is 0 Å². The maximum atomic E-state index is 11.4. The van der Waals surface area contributed by atoms with E-state index in [1.807, 2.05) is 0 Å². The van der Waals surface area contributed by atoms with Gasteiger partial charge in [-0.1, -0.05) is 23.2 Å². The Kier molecular flexibility index (Phi) is 4.26. The molecule has 0 N–H and O–H groups in total. The van der Waals surface area contributed by atoms with Crippen LogP contribution in [-0.4, -0.2) is 27.3 Å². The average molecular weight is 265 g/mol. The number of rotatable bonds is 3. The number of hydrogen-bond donors (Lipinski definition) is 0. The van der Waals surface area contributed by atoms with E-state index in [9.17, 15) is 4.79 Å². The van der Waals surface area contributed by atoms with Crippen LogP contribution < -0.4 is 9.47 Å². The summed E-state index contributed by atoms with van der Waals surface area (Å²) in [7, 11) is 4.07. The third-order valence-electron chi connectivity index (χ3n) is 1.94. The lowest BCUT2D eigenvalue weighted by Crippen LogP contribution is -2.05. The molecule has 0 aliphatic rings. The lowest BCUT2D eigenvalue weighted by atomic mass is 10.2. The lowest BCUT2D eigenvalue weighted by Gasteiger charge is -2.13. The van der Waals surface area contributed by atoms with Crippen molar-refractivity contribution in [3.8, 4) is 11.5 Å². The minimum absolute atomic E-state index is 0.137. The van der Waals surface area contributed by atoms with Gasteiger partial charge in [0.2, 0.25) is 0 Å². The predicted molar refractivity (Wildman–Crippen MR) is 60.9 cm³/mol. The smallest absolute Gasteiger partial charge is 0.341 e. The summed E-state index contributed by atoms with van der Waals surface area (Å²) in [5.74, 6) is -0.147. The first-order valence-corrected chi connectivity index (χ1v) is 5.00. The highest BCUT2D eigenvalue weighted by atomic mass is 35.5. The van der Waals surface area contributed by atoms with E-state index in [0.29, 0.717) is 0 Å². The molecule has 0 bridgehead atoms. The molecule has 0 amide bonds. The lowest BCUT2D eigenvalue weighted by molar-refractivity contribution is 0.0597. The molecule has 1 aromatic carbocycles. The minimum Gasteiger partial charge on any atom is -0.494 e. The summed E-state index contributed by atoms with van der Waals surface area (Å²) in [4.78, 5) is 11.4. The van der Waals surface area contributed by atoms with Gasteiger partial charge in [0.05, 0.1) is 26.4 Å². The van der Waals surface area contributed by atoms with Crippen molar-refractivity contribution in [1.82, 2.24) is 0 Å². The van der Waals surface area contributed by atoms with Crippen LogP contribution in [0.5, 0.6) is 11.5 Å². The minimum atomic E-state index is -0.580. The molecule has 88 valence electrons. The van der Waals surface area contributed by atoms with Crippen molar-refractivity contribution in [2.75, 3.05) is 21.3 Å². The number of ether oxygens (including phenoxy) is 3. The Morgan fingerprint density at radius 2 is 1.69 bits per heavy atom. The molecular formula is C10H10Cl2O4. The van der Waals surface area contributed by atoms with Gasteiger partial charge in [0, 0.05) is 0 Å². The zero-order valence-corrected chi connectivity index (χ0v) is 10.5. The van der Waals surface area contributed by atoms with Crippen molar-refractivity contribution in [3.05, 3.63) is 21.7 Å². The first-order valence-electron chi connectivity index (χ1n) is 4.25. The highest BCUT2D eigenvalue weighted by Gasteiger charge is 2.22. The van der Waals surface area contributed by atoms with E-state index in [1.54, 1.807) is 0 Å². The van der Waals surface area contributed by atoms with E-state index in [0.717, 1.165) is 0 Å². The van der Waals surface area contributed by atoms with Crippen molar-refractivity contribution < 1.29 is 19.0 Å². The molecule has 1 rings (SSSR count). The van der Waals surface area contributed by atoms with Gasteiger partial charge in [0.15, 0.2) is 11.5 Å². The summed E-state index contributed by atoms with van der Waals surface area (Å²) in [6, 6.07) is 1.39. The molecule has 0 saturated carbocycles. The fourth-order valence-corrected chi connectivity index (χ4v) is 1.92. The quantitative estimate of drug-likeness (QED) is 0.788. The van der Waals surface area contributed by atoms with Crippen LogP contribution in [0.1, 0.15) is 10.4 Å². The summed E-state index contributed by atoms with van der Waals surface area (Å²) in [6.07, 6.45) is 0. The van der Waals surface area contributed by atoms with Crippen LogP contribution in [0.2, 0.25) is 10.0 Å².